The van der Waals surface area contributed by atoms with Gasteiger partial charge in [-0.2, -0.15) is 0 Å². The van der Waals surface area contributed by atoms with Crippen LogP contribution in [-0.4, -0.2) is 93.7 Å². The Morgan fingerprint density at radius 3 is 1.27 bits per heavy atom. The molecule has 2 aromatic heterocycles. The number of aromatic nitrogens is 4. The Morgan fingerprint density at radius 2 is 0.889 bits per heavy atom. The highest BCUT2D eigenvalue weighted by molar-refractivity contribution is 6.52. The number of hydrogen-bond acceptors (Lipinski definition) is 14. The van der Waals surface area contributed by atoms with Crippen molar-refractivity contribution >= 4 is 71.3 Å². The number of nitrogens with one attached hydrogen (secondary N) is 4. The van der Waals surface area contributed by atoms with Crippen LogP contribution in [0, 0.1) is 11.8 Å². The Kier molecular flexibility index (Phi) is 16.7. The molecule has 0 saturated carbocycles. The lowest BCUT2D eigenvalue weighted by Gasteiger charge is -2.33. The van der Waals surface area contributed by atoms with Gasteiger partial charge in [-0.15, -0.1) is 0 Å². The topological polar surface area (TPSA) is 239 Å². The smallest absolute Gasteiger partial charge is 0.524 e. The van der Waals surface area contributed by atoms with Gasteiger partial charge in [-0.1, -0.05) is 137 Å². The van der Waals surface area contributed by atoms with Crippen molar-refractivity contribution in [1.29, 1.82) is 0 Å². The summed E-state index contributed by atoms with van der Waals surface area (Å²) in [6, 6.07) is 34.8. The van der Waals surface area contributed by atoms with Crippen molar-refractivity contribution in [2.75, 3.05) is 0 Å². The SMILES string of the molecule is CC(C)C[C@H](NC(=O)[C@H](Cc1ccccc1)NC(=O)c1cnccn1)B1OC(=O)c2cc3ccccc3c(Cc3c4c(cc5ccccc35)C(=O)OB([C@H](CC(C)C)NC(=O)[C@H](Cc3ccccc3)NC(=O)c3cnccn3)O4)c2O1. The van der Waals surface area contributed by atoms with Crippen molar-refractivity contribution in [3.05, 3.63) is 203 Å². The standard InChI is InChI=1S/C61H58B2N8O10/c1-36(2)27-52(70-56(72)48(29-38-15-7-5-8-16-38)68-58(74)50-34-64-23-25-66-50)62-78-54-44(42-21-13-11-19-40(42)31-46(54)60(76)80-62)33-45-43-22-14-12-20-41(43)32-47-55(45)79-63(81-61(47)77)53(28-37(3)4)71-57(73)49(30-39-17-9-6-10-18-39)69-59(75)51-35-65-24-26-67-51/h5-26,31-32,34-37,48-49,52-53H,27-30,33H2,1-4H3,(H,68,74)(H,69,75)(H,70,72)(H,71,73)/t48-,49-,52-,53-/m0/s1. The number of carbonyl (C=O) groups excluding carboxylic acids is 6. The highest BCUT2D eigenvalue weighted by Gasteiger charge is 2.47. The van der Waals surface area contributed by atoms with Crippen LogP contribution in [0.25, 0.3) is 21.5 Å². The average molecular weight is 1080 g/mol. The minimum atomic E-state index is -1.34. The van der Waals surface area contributed by atoms with E-state index in [4.69, 9.17) is 18.6 Å². The van der Waals surface area contributed by atoms with Crippen LogP contribution in [0.4, 0.5) is 0 Å². The van der Waals surface area contributed by atoms with Gasteiger partial charge in [-0.3, -0.25) is 29.1 Å². The number of hydrogen-bond donors (Lipinski definition) is 4. The molecule has 4 N–H and O–H groups in total. The zero-order chi connectivity index (χ0) is 56.6. The van der Waals surface area contributed by atoms with Gasteiger partial charge in [-0.25, -0.2) is 19.6 Å². The molecule has 4 atom stereocenters. The van der Waals surface area contributed by atoms with E-state index < -0.39 is 73.8 Å². The summed E-state index contributed by atoms with van der Waals surface area (Å²) in [7, 11) is -2.67. The lowest BCUT2D eigenvalue weighted by atomic mass is 9.72. The summed E-state index contributed by atoms with van der Waals surface area (Å²) >= 11 is 0. The van der Waals surface area contributed by atoms with E-state index in [1.54, 1.807) is 12.1 Å². The quantitative estimate of drug-likeness (QED) is 0.0542. The second-order valence-corrected chi connectivity index (χ2v) is 21.0. The molecular weight excluding hydrogens is 1030 g/mol. The molecule has 2 aliphatic rings. The summed E-state index contributed by atoms with van der Waals surface area (Å²) in [6.45, 7) is 7.87. The summed E-state index contributed by atoms with van der Waals surface area (Å²) in [6.07, 6.45) is 9.22. The third kappa shape index (κ3) is 12.9. The first-order chi connectivity index (χ1) is 39.3. The molecule has 0 spiro atoms. The van der Waals surface area contributed by atoms with Gasteiger partial charge < -0.3 is 39.9 Å². The molecule has 2 aliphatic heterocycles. The van der Waals surface area contributed by atoms with Crippen molar-refractivity contribution in [3.8, 4) is 11.5 Å². The Bertz CT molecular complexity index is 3390. The molecule has 6 aromatic carbocycles. The second-order valence-electron chi connectivity index (χ2n) is 21.0. The summed E-state index contributed by atoms with van der Waals surface area (Å²) in [4.78, 5) is 102. The van der Waals surface area contributed by atoms with Crippen molar-refractivity contribution in [1.82, 2.24) is 41.2 Å². The molecule has 0 bridgehead atoms. The molecule has 20 heteroatoms. The normalized spacial score (nSPS) is 14.3. The zero-order valence-electron chi connectivity index (χ0n) is 45.0. The molecule has 0 aliphatic carbocycles. The number of amides is 4. The molecule has 0 unspecified atom stereocenters. The minimum absolute atomic E-state index is 0.0286. The van der Waals surface area contributed by atoms with Crippen LogP contribution in [0.3, 0.4) is 0 Å². The first-order valence-electron chi connectivity index (χ1n) is 26.9. The molecule has 0 radical (unpaired) electrons. The van der Waals surface area contributed by atoms with E-state index in [9.17, 15) is 28.8 Å². The Balaban J connectivity index is 0.992. The average Bonchev–Trinajstić information content (AvgIpc) is 3.64. The number of carbonyl (C=O) groups is 6. The largest absolute Gasteiger partial charge is 0.620 e. The number of benzene rings is 6. The lowest BCUT2D eigenvalue weighted by molar-refractivity contribution is -0.124. The van der Waals surface area contributed by atoms with E-state index in [2.05, 4.69) is 41.2 Å². The number of fused-ring (bicyclic) bond motifs is 4. The molecular formula is C61H58B2N8O10. The first-order valence-corrected chi connectivity index (χ1v) is 26.9. The fourth-order valence-electron chi connectivity index (χ4n) is 10.3. The highest BCUT2D eigenvalue weighted by Crippen LogP contribution is 2.43. The van der Waals surface area contributed by atoms with Crippen LogP contribution in [0.15, 0.2) is 159 Å². The highest BCUT2D eigenvalue weighted by atomic mass is 16.6. The zero-order valence-corrected chi connectivity index (χ0v) is 45.0. The summed E-state index contributed by atoms with van der Waals surface area (Å²) < 4.78 is 26.0. The molecule has 8 aromatic rings. The maximum absolute atomic E-state index is 14.6. The molecule has 10 rings (SSSR count). The molecule has 4 heterocycles. The first kappa shape index (κ1) is 54.9. The number of nitrogens with zero attached hydrogens (tertiary/aromatic N) is 4. The second kappa shape index (κ2) is 24.7. The molecule has 4 amide bonds. The molecule has 81 heavy (non-hydrogen) atoms. The van der Waals surface area contributed by atoms with Crippen LogP contribution in [-0.2, 0) is 38.2 Å². The van der Waals surface area contributed by atoms with E-state index in [1.807, 2.05) is 137 Å². The third-order valence-corrected chi connectivity index (χ3v) is 14.1. The molecule has 0 saturated heterocycles. The van der Waals surface area contributed by atoms with Crippen LogP contribution < -0.4 is 30.6 Å². The van der Waals surface area contributed by atoms with Crippen molar-refractivity contribution in [2.24, 2.45) is 11.8 Å². The Hall–Kier alpha value is -9.45. The Morgan fingerprint density at radius 1 is 0.494 bits per heavy atom. The van der Waals surface area contributed by atoms with E-state index in [1.165, 1.54) is 37.2 Å². The third-order valence-electron chi connectivity index (χ3n) is 14.1. The van der Waals surface area contributed by atoms with Gasteiger partial charge in [0.05, 0.1) is 35.4 Å². The van der Waals surface area contributed by atoms with Crippen LogP contribution >= 0.6 is 0 Å². The summed E-state index contributed by atoms with van der Waals surface area (Å²) in [5.74, 6) is -5.12. The molecule has 0 fully saturated rings. The Labute approximate surface area is 468 Å². The van der Waals surface area contributed by atoms with Gasteiger partial charge in [0.1, 0.15) is 35.0 Å². The van der Waals surface area contributed by atoms with Gasteiger partial charge in [-0.05, 0) is 69.5 Å². The van der Waals surface area contributed by atoms with E-state index in [0.29, 0.717) is 34.7 Å². The van der Waals surface area contributed by atoms with Gasteiger partial charge in [0.15, 0.2) is 0 Å². The van der Waals surface area contributed by atoms with E-state index >= 15 is 0 Å². The predicted octanol–water partition coefficient (Wildman–Crippen LogP) is 7.46. The predicted molar refractivity (Wildman–Crippen MR) is 304 cm³/mol. The monoisotopic (exact) mass is 1080 g/mol. The number of rotatable bonds is 20. The maximum atomic E-state index is 14.6. The van der Waals surface area contributed by atoms with Gasteiger partial charge in [0.25, 0.3) is 11.8 Å². The molecule has 408 valence electrons. The maximum Gasteiger partial charge on any atom is 0.620 e. The van der Waals surface area contributed by atoms with Gasteiger partial charge in [0, 0.05) is 55.2 Å². The van der Waals surface area contributed by atoms with E-state index in [-0.39, 0.29) is 65.1 Å². The fourth-order valence-corrected chi connectivity index (χ4v) is 10.3. The van der Waals surface area contributed by atoms with Crippen molar-refractivity contribution < 1.29 is 47.4 Å². The summed E-state index contributed by atoms with van der Waals surface area (Å²) in [5, 5.41) is 14.7. The van der Waals surface area contributed by atoms with Crippen molar-refractivity contribution in [2.45, 2.75) is 83.8 Å². The van der Waals surface area contributed by atoms with Crippen molar-refractivity contribution in [3.63, 3.8) is 0 Å². The minimum Gasteiger partial charge on any atom is -0.524 e. The van der Waals surface area contributed by atoms with Crippen LogP contribution in [0.1, 0.15) is 104 Å². The van der Waals surface area contributed by atoms with Crippen LogP contribution in [0.5, 0.6) is 11.5 Å². The lowest BCUT2D eigenvalue weighted by Crippen LogP contribution is -2.58. The summed E-state index contributed by atoms with van der Waals surface area (Å²) in [5.41, 5.74) is 3.08. The van der Waals surface area contributed by atoms with Gasteiger partial charge in [0.2, 0.25) is 11.8 Å². The van der Waals surface area contributed by atoms with Crippen LogP contribution in [0.2, 0.25) is 0 Å². The van der Waals surface area contributed by atoms with Gasteiger partial charge >= 0.3 is 26.2 Å². The van der Waals surface area contributed by atoms with E-state index in [0.717, 1.165) is 21.9 Å². The molecule has 18 nitrogen and oxygen atoms in total. The fraction of sp³-hybridized carbons (Fsp3) is 0.246.